The summed E-state index contributed by atoms with van der Waals surface area (Å²) in [6, 6.07) is 12.3. The molecule has 2 rings (SSSR count). The van der Waals surface area contributed by atoms with E-state index in [0.29, 0.717) is 10.0 Å². The van der Waals surface area contributed by atoms with Gasteiger partial charge in [0.05, 0.1) is 0 Å². The van der Waals surface area contributed by atoms with E-state index in [4.69, 9.17) is 23.2 Å². The first kappa shape index (κ1) is 15.4. The Morgan fingerprint density at radius 2 is 1.55 bits per heavy atom. The second-order valence-electron chi connectivity index (χ2n) is 5.12. The third kappa shape index (κ3) is 3.54. The molecule has 1 atom stereocenters. The minimum atomic E-state index is 0.200. The van der Waals surface area contributed by atoms with E-state index in [2.05, 4.69) is 37.4 Å². The molecule has 1 nitrogen and oxygen atoms in total. The van der Waals surface area contributed by atoms with Crippen molar-refractivity contribution in [3.05, 3.63) is 68.7 Å². The van der Waals surface area contributed by atoms with Crippen LogP contribution in [0.25, 0.3) is 0 Å². The van der Waals surface area contributed by atoms with Gasteiger partial charge in [-0.2, -0.15) is 0 Å². The number of aryl methyl sites for hydroxylation is 2. The summed E-state index contributed by atoms with van der Waals surface area (Å²) in [7, 11) is 1.97. The van der Waals surface area contributed by atoms with Crippen molar-refractivity contribution in [3.63, 3.8) is 0 Å². The van der Waals surface area contributed by atoms with Crippen LogP contribution in [0.2, 0.25) is 10.0 Å². The van der Waals surface area contributed by atoms with E-state index < -0.39 is 0 Å². The Morgan fingerprint density at radius 3 is 2.05 bits per heavy atom. The second kappa shape index (κ2) is 6.62. The van der Waals surface area contributed by atoms with Gasteiger partial charge in [0.2, 0.25) is 0 Å². The van der Waals surface area contributed by atoms with Crippen molar-refractivity contribution in [1.29, 1.82) is 0 Å². The predicted octanol–water partition coefficient (Wildman–Crippen LogP) is 5.11. The van der Waals surface area contributed by atoms with E-state index in [1.54, 1.807) is 6.07 Å². The van der Waals surface area contributed by atoms with Gasteiger partial charge in [0.15, 0.2) is 0 Å². The number of rotatable bonds is 4. The van der Waals surface area contributed by atoms with E-state index >= 15 is 0 Å². The van der Waals surface area contributed by atoms with Gasteiger partial charge in [0.1, 0.15) is 0 Å². The van der Waals surface area contributed by atoms with E-state index in [0.717, 1.165) is 12.0 Å². The maximum Gasteiger partial charge on any atom is 0.0424 e. The molecule has 0 aliphatic heterocycles. The third-order valence-corrected chi connectivity index (χ3v) is 4.12. The third-order valence-electron chi connectivity index (χ3n) is 3.69. The molecule has 0 aromatic heterocycles. The lowest BCUT2D eigenvalue weighted by molar-refractivity contribution is 0.589. The van der Waals surface area contributed by atoms with Gasteiger partial charge in [-0.3, -0.25) is 0 Å². The molecule has 0 saturated carbocycles. The van der Waals surface area contributed by atoms with Crippen LogP contribution in [-0.4, -0.2) is 7.05 Å². The lowest BCUT2D eigenvalue weighted by Crippen LogP contribution is -2.19. The first-order valence-corrected chi connectivity index (χ1v) is 7.45. The summed E-state index contributed by atoms with van der Waals surface area (Å²) < 4.78 is 0. The van der Waals surface area contributed by atoms with Crippen molar-refractivity contribution in [2.75, 3.05) is 7.05 Å². The van der Waals surface area contributed by atoms with Crippen LogP contribution in [0, 0.1) is 13.8 Å². The molecule has 2 aromatic carbocycles. The molecular weight excluding hydrogens is 289 g/mol. The monoisotopic (exact) mass is 307 g/mol. The van der Waals surface area contributed by atoms with Crippen molar-refractivity contribution < 1.29 is 0 Å². The van der Waals surface area contributed by atoms with E-state index in [-0.39, 0.29) is 6.04 Å². The molecule has 1 N–H and O–H groups in total. The molecule has 0 bridgehead atoms. The zero-order valence-corrected chi connectivity index (χ0v) is 13.5. The topological polar surface area (TPSA) is 12.0 Å². The summed E-state index contributed by atoms with van der Waals surface area (Å²) in [6.07, 6.45) is 0.922. The summed E-state index contributed by atoms with van der Waals surface area (Å²) in [5.74, 6) is 0. The van der Waals surface area contributed by atoms with Gasteiger partial charge in [0.25, 0.3) is 0 Å². The second-order valence-corrected chi connectivity index (χ2v) is 5.99. The van der Waals surface area contributed by atoms with Crippen LogP contribution in [-0.2, 0) is 6.42 Å². The molecule has 0 aliphatic carbocycles. The van der Waals surface area contributed by atoms with Gasteiger partial charge >= 0.3 is 0 Å². The predicted molar refractivity (Wildman–Crippen MR) is 87.9 cm³/mol. The van der Waals surface area contributed by atoms with Crippen molar-refractivity contribution in [1.82, 2.24) is 5.32 Å². The molecule has 0 fully saturated rings. The van der Waals surface area contributed by atoms with Crippen LogP contribution in [0.1, 0.15) is 28.3 Å². The average molecular weight is 308 g/mol. The van der Waals surface area contributed by atoms with Crippen molar-refractivity contribution >= 4 is 23.2 Å². The molecule has 0 heterocycles. The number of likely N-dealkylation sites (N-methyl/N-ethyl adjacent to an activating group) is 1. The molecule has 20 heavy (non-hydrogen) atoms. The molecule has 106 valence electrons. The Hall–Kier alpha value is -1.02. The average Bonchev–Trinajstić information content (AvgIpc) is 2.37. The highest BCUT2D eigenvalue weighted by atomic mass is 35.5. The van der Waals surface area contributed by atoms with E-state index in [9.17, 15) is 0 Å². The number of hydrogen-bond donors (Lipinski definition) is 1. The largest absolute Gasteiger partial charge is 0.313 e. The zero-order chi connectivity index (χ0) is 14.7. The minimum absolute atomic E-state index is 0.200. The molecule has 3 heteroatoms. The number of benzene rings is 2. The van der Waals surface area contributed by atoms with Crippen LogP contribution in [0.5, 0.6) is 0 Å². The summed E-state index contributed by atoms with van der Waals surface area (Å²) in [6.45, 7) is 4.31. The van der Waals surface area contributed by atoms with Gasteiger partial charge in [-0.15, -0.1) is 0 Å². The maximum atomic E-state index is 6.10. The van der Waals surface area contributed by atoms with E-state index in [1.165, 1.54) is 16.7 Å². The molecule has 0 aliphatic rings. The molecule has 1 unspecified atom stereocenters. The standard InChI is InChI=1S/C17H19Cl2N/c1-11-5-4-6-12(2)16(11)10-17(20-3)13-7-14(18)9-15(19)8-13/h4-9,17,20H,10H2,1-3H3. The van der Waals surface area contributed by atoms with Crippen LogP contribution in [0.15, 0.2) is 36.4 Å². The van der Waals surface area contributed by atoms with Gasteiger partial charge in [0, 0.05) is 16.1 Å². The molecular formula is C17H19Cl2N. The summed E-state index contributed by atoms with van der Waals surface area (Å²) in [4.78, 5) is 0. The number of nitrogens with one attached hydrogen (secondary N) is 1. The molecule has 0 radical (unpaired) electrons. The first-order chi connectivity index (χ1) is 9.51. The highest BCUT2D eigenvalue weighted by Gasteiger charge is 2.14. The Labute approximate surface area is 130 Å². The Morgan fingerprint density at radius 1 is 1.00 bits per heavy atom. The minimum Gasteiger partial charge on any atom is -0.313 e. The maximum absolute atomic E-state index is 6.10. The molecule has 2 aromatic rings. The Bertz CT molecular complexity index is 567. The lowest BCUT2D eigenvalue weighted by atomic mass is 9.93. The first-order valence-electron chi connectivity index (χ1n) is 6.69. The number of hydrogen-bond acceptors (Lipinski definition) is 1. The molecule has 0 amide bonds. The fraction of sp³-hybridized carbons (Fsp3) is 0.294. The summed E-state index contributed by atoms with van der Waals surface area (Å²) in [5.41, 5.74) is 5.13. The van der Waals surface area contributed by atoms with Crippen LogP contribution in [0.4, 0.5) is 0 Å². The van der Waals surface area contributed by atoms with Crippen LogP contribution >= 0.6 is 23.2 Å². The molecule has 0 saturated heterocycles. The smallest absolute Gasteiger partial charge is 0.0424 e. The quantitative estimate of drug-likeness (QED) is 0.827. The van der Waals surface area contributed by atoms with Crippen LogP contribution in [0.3, 0.4) is 0 Å². The normalized spacial score (nSPS) is 12.4. The van der Waals surface area contributed by atoms with Gasteiger partial charge in [-0.25, -0.2) is 0 Å². The Kier molecular flexibility index (Phi) is 5.09. The van der Waals surface area contributed by atoms with Crippen molar-refractivity contribution in [3.8, 4) is 0 Å². The summed E-state index contributed by atoms with van der Waals surface area (Å²) >= 11 is 12.2. The van der Waals surface area contributed by atoms with Crippen molar-refractivity contribution in [2.24, 2.45) is 0 Å². The Balaban J connectivity index is 2.33. The van der Waals surface area contributed by atoms with E-state index in [1.807, 2.05) is 19.2 Å². The van der Waals surface area contributed by atoms with Gasteiger partial charge in [-0.1, -0.05) is 41.4 Å². The highest BCUT2D eigenvalue weighted by Crippen LogP contribution is 2.27. The summed E-state index contributed by atoms with van der Waals surface area (Å²) in [5, 5.41) is 4.71. The SMILES string of the molecule is CNC(Cc1c(C)cccc1C)c1cc(Cl)cc(Cl)c1. The van der Waals surface area contributed by atoms with Gasteiger partial charge < -0.3 is 5.32 Å². The van der Waals surface area contributed by atoms with Crippen LogP contribution < -0.4 is 5.32 Å². The van der Waals surface area contributed by atoms with Crippen molar-refractivity contribution in [2.45, 2.75) is 26.3 Å². The highest BCUT2D eigenvalue weighted by molar-refractivity contribution is 6.34. The lowest BCUT2D eigenvalue weighted by Gasteiger charge is -2.20. The number of halogens is 2. The fourth-order valence-corrected chi connectivity index (χ4v) is 3.08. The molecule has 0 spiro atoms. The fourth-order valence-electron chi connectivity index (χ4n) is 2.54. The zero-order valence-electron chi connectivity index (χ0n) is 12.0. The van der Waals surface area contributed by atoms with Gasteiger partial charge in [-0.05, 0) is 67.8 Å².